The second-order valence-electron chi connectivity index (χ2n) is 11.4. The number of likely N-dealkylation sites (tertiary alicyclic amines) is 1. The van der Waals surface area contributed by atoms with E-state index in [1.165, 1.54) is 30.0 Å². The topological polar surface area (TPSA) is 165 Å². The van der Waals surface area contributed by atoms with E-state index in [1.54, 1.807) is 14.1 Å². The summed E-state index contributed by atoms with van der Waals surface area (Å²) in [6.07, 6.45) is 1.73. The molecule has 0 radical (unpaired) electrons. The summed E-state index contributed by atoms with van der Waals surface area (Å²) in [5.74, 6) is -11.2. The number of nitrogens with one attached hydrogen (secondary N) is 1. The van der Waals surface area contributed by atoms with Crippen LogP contribution in [0.1, 0.15) is 42.1 Å². The van der Waals surface area contributed by atoms with Crippen molar-refractivity contribution >= 4 is 29.0 Å². The largest absolute Gasteiger partial charge is 0.507 e. The Hall–Kier alpha value is -2.99. The molecule has 11 heteroatoms. The molecule has 5 rings (SSSR count). The molecule has 38 heavy (non-hydrogen) atoms. The first-order valence-electron chi connectivity index (χ1n) is 12.9. The number of ketones is 4. The Morgan fingerprint density at radius 2 is 1.74 bits per heavy atom. The van der Waals surface area contributed by atoms with Crippen LogP contribution in [0.2, 0.25) is 0 Å². The predicted octanol–water partition coefficient (Wildman–Crippen LogP) is -0.784. The number of hydrogen-bond donors (Lipinski definition) is 4. The van der Waals surface area contributed by atoms with Crippen molar-refractivity contribution in [2.24, 2.45) is 23.7 Å². The van der Waals surface area contributed by atoms with Crippen molar-refractivity contribution in [3.8, 4) is 5.75 Å². The Labute approximate surface area is 219 Å². The summed E-state index contributed by atoms with van der Waals surface area (Å²) in [6, 6.07) is 3.02. The van der Waals surface area contributed by atoms with Crippen molar-refractivity contribution in [3.63, 3.8) is 0 Å². The molecular weight excluding hydrogens is 494 g/mol. The molecule has 1 aromatic carbocycles. The molecule has 7 atom stereocenters. The van der Waals surface area contributed by atoms with E-state index in [-0.39, 0.29) is 24.2 Å². The fourth-order valence-corrected chi connectivity index (χ4v) is 7.09. The summed E-state index contributed by atoms with van der Waals surface area (Å²) < 4.78 is 0. The Balaban J connectivity index is 1.57. The fraction of sp³-hybridized carbons (Fsp3) is 0.593. The number of fused-ring (bicyclic) bond motifs is 3. The molecular formula is C27H33N3O8. The standard InChI is InChI=1S/C27H33N3O8/c1-26(37)13-7-6-8-16(31)17(13)21(32)18-14(26)11-15-20(29(2)3)22(33)19(24(35)27(15,38)23(18)34)25(36)28-12-30-9-4-5-10-30/h6-8,14-15,18-20,31,37-38H,4-5,9-12H2,1-3H3,(H,28,36)/t14?,15?,18?,19?,20-,26+,27-/m0/s1. The number of phenols is 1. The van der Waals surface area contributed by atoms with Gasteiger partial charge in [-0.25, -0.2) is 0 Å². The predicted molar refractivity (Wildman–Crippen MR) is 132 cm³/mol. The van der Waals surface area contributed by atoms with E-state index in [2.05, 4.69) is 5.32 Å². The number of nitrogens with zero attached hydrogens (tertiary/aromatic N) is 2. The number of carbonyl (C=O) groups is 5. The minimum atomic E-state index is -2.80. The molecule has 4 N–H and O–H groups in total. The van der Waals surface area contributed by atoms with E-state index < -0.39 is 75.7 Å². The lowest BCUT2D eigenvalue weighted by Crippen LogP contribution is -2.75. The van der Waals surface area contributed by atoms with Gasteiger partial charge >= 0.3 is 0 Å². The second-order valence-corrected chi connectivity index (χ2v) is 11.4. The van der Waals surface area contributed by atoms with Crippen LogP contribution >= 0.6 is 0 Å². The third kappa shape index (κ3) is 3.59. The van der Waals surface area contributed by atoms with Crippen LogP contribution in [0.5, 0.6) is 5.75 Å². The highest BCUT2D eigenvalue weighted by Crippen LogP contribution is 2.55. The monoisotopic (exact) mass is 527 g/mol. The van der Waals surface area contributed by atoms with Crippen LogP contribution in [0.4, 0.5) is 0 Å². The number of aliphatic hydroxyl groups is 2. The van der Waals surface area contributed by atoms with Crippen molar-refractivity contribution in [1.82, 2.24) is 15.1 Å². The minimum absolute atomic E-state index is 0.125. The zero-order chi connectivity index (χ0) is 27.7. The van der Waals surface area contributed by atoms with Gasteiger partial charge in [0.15, 0.2) is 34.7 Å². The van der Waals surface area contributed by atoms with Gasteiger partial charge in [-0.3, -0.25) is 33.8 Å². The lowest BCUT2D eigenvalue weighted by atomic mass is 9.49. The van der Waals surface area contributed by atoms with Crippen LogP contribution in [-0.2, 0) is 24.8 Å². The van der Waals surface area contributed by atoms with Gasteiger partial charge in [0.2, 0.25) is 5.91 Å². The molecule has 0 bridgehead atoms. The number of rotatable bonds is 4. The molecule has 3 fully saturated rings. The summed E-state index contributed by atoms with van der Waals surface area (Å²) in [7, 11) is 3.10. The Morgan fingerprint density at radius 3 is 2.37 bits per heavy atom. The van der Waals surface area contributed by atoms with Gasteiger partial charge in [0, 0.05) is 11.8 Å². The van der Waals surface area contributed by atoms with Crippen molar-refractivity contribution in [1.29, 1.82) is 0 Å². The van der Waals surface area contributed by atoms with Gasteiger partial charge in [-0.1, -0.05) is 12.1 Å². The van der Waals surface area contributed by atoms with E-state index in [1.807, 2.05) is 4.90 Å². The SMILES string of the molecule is CN(C)[C@@H]1C(=O)C(C(=O)NCN2CCCC2)C(=O)[C@@]2(O)C(=O)C3C(=O)c4c(O)cccc4[C@@](C)(O)C3CC12. The first kappa shape index (κ1) is 26.6. The molecule has 1 aromatic rings. The number of benzene rings is 1. The first-order valence-corrected chi connectivity index (χ1v) is 12.9. The van der Waals surface area contributed by atoms with E-state index in [4.69, 9.17) is 0 Å². The lowest BCUT2D eigenvalue weighted by Gasteiger charge is -2.55. The molecule has 1 amide bonds. The average molecular weight is 528 g/mol. The summed E-state index contributed by atoms with van der Waals surface area (Å²) in [5.41, 5.74) is -4.68. The molecule has 1 aliphatic heterocycles. The normalized spacial score (nSPS) is 37.2. The summed E-state index contributed by atoms with van der Waals surface area (Å²) in [4.78, 5) is 71.5. The average Bonchev–Trinajstić information content (AvgIpc) is 3.37. The van der Waals surface area contributed by atoms with Crippen LogP contribution in [-0.4, -0.2) is 99.7 Å². The van der Waals surface area contributed by atoms with Gasteiger partial charge in [-0.05, 0) is 65.0 Å². The molecule has 11 nitrogen and oxygen atoms in total. The molecule has 204 valence electrons. The zero-order valence-electron chi connectivity index (χ0n) is 21.6. The molecule has 1 heterocycles. The molecule has 4 aliphatic rings. The van der Waals surface area contributed by atoms with Gasteiger partial charge in [0.05, 0.1) is 29.8 Å². The lowest BCUT2D eigenvalue weighted by molar-refractivity contribution is -0.188. The van der Waals surface area contributed by atoms with E-state index in [0.29, 0.717) is 0 Å². The molecule has 1 saturated heterocycles. The molecule has 0 aromatic heterocycles. The van der Waals surface area contributed by atoms with E-state index in [9.17, 15) is 39.3 Å². The van der Waals surface area contributed by atoms with E-state index >= 15 is 0 Å². The van der Waals surface area contributed by atoms with Gasteiger partial charge in [-0.2, -0.15) is 0 Å². The summed E-state index contributed by atoms with van der Waals surface area (Å²) in [6.45, 7) is 3.06. The van der Waals surface area contributed by atoms with Crippen LogP contribution in [0.25, 0.3) is 0 Å². The fourth-order valence-electron chi connectivity index (χ4n) is 7.09. The van der Waals surface area contributed by atoms with Crippen LogP contribution in [0, 0.1) is 23.7 Å². The summed E-state index contributed by atoms with van der Waals surface area (Å²) >= 11 is 0. The number of carbonyl (C=O) groups excluding carboxylic acids is 5. The van der Waals surface area contributed by atoms with Crippen molar-refractivity contribution in [3.05, 3.63) is 29.3 Å². The smallest absolute Gasteiger partial charge is 0.239 e. The number of aromatic hydroxyl groups is 1. The van der Waals surface area contributed by atoms with Crippen molar-refractivity contribution in [2.75, 3.05) is 33.9 Å². The minimum Gasteiger partial charge on any atom is -0.507 e. The van der Waals surface area contributed by atoms with Gasteiger partial charge < -0.3 is 20.6 Å². The maximum atomic E-state index is 14.0. The third-order valence-corrected chi connectivity index (χ3v) is 9.03. The number of amides is 1. The van der Waals surface area contributed by atoms with Crippen molar-refractivity contribution < 1.29 is 39.3 Å². The Morgan fingerprint density at radius 1 is 1.08 bits per heavy atom. The summed E-state index contributed by atoms with van der Waals surface area (Å²) in [5, 5.41) is 36.4. The molecule has 0 spiro atoms. The highest BCUT2D eigenvalue weighted by atomic mass is 16.3. The number of hydrogen-bond acceptors (Lipinski definition) is 10. The van der Waals surface area contributed by atoms with Crippen LogP contribution < -0.4 is 5.32 Å². The van der Waals surface area contributed by atoms with Crippen molar-refractivity contribution in [2.45, 2.75) is 43.4 Å². The highest BCUT2D eigenvalue weighted by molar-refractivity contribution is 6.32. The maximum absolute atomic E-state index is 14.0. The van der Waals surface area contributed by atoms with Gasteiger partial charge in [0.1, 0.15) is 5.75 Å². The van der Waals surface area contributed by atoms with Crippen LogP contribution in [0.3, 0.4) is 0 Å². The first-order chi connectivity index (χ1) is 17.8. The number of phenolic OH excluding ortho intramolecular Hbond substituents is 1. The third-order valence-electron chi connectivity index (χ3n) is 9.03. The second kappa shape index (κ2) is 9.04. The number of likely N-dealkylation sites (N-methyl/N-ethyl adjacent to an activating group) is 1. The van der Waals surface area contributed by atoms with Crippen LogP contribution in [0.15, 0.2) is 18.2 Å². The quantitative estimate of drug-likeness (QED) is 0.365. The Bertz CT molecular complexity index is 1240. The molecule has 4 unspecified atom stereocenters. The maximum Gasteiger partial charge on any atom is 0.239 e. The highest BCUT2D eigenvalue weighted by Gasteiger charge is 2.71. The van der Waals surface area contributed by atoms with Gasteiger partial charge in [-0.15, -0.1) is 0 Å². The van der Waals surface area contributed by atoms with Gasteiger partial charge in [0.25, 0.3) is 0 Å². The molecule has 3 aliphatic carbocycles. The zero-order valence-corrected chi connectivity index (χ0v) is 21.6. The van der Waals surface area contributed by atoms with E-state index in [0.717, 1.165) is 25.9 Å². The number of Topliss-reactive ketones (excluding diaryl/α,β-unsaturated/α-hetero) is 4. The molecule has 2 saturated carbocycles. The Kier molecular flexibility index (Phi) is 6.33.